The van der Waals surface area contributed by atoms with E-state index in [2.05, 4.69) is 36.8 Å². The maximum Gasteiger partial charge on any atom is 0.0677 e. The minimum Gasteiger partial charge on any atom is -0.319 e. The van der Waals surface area contributed by atoms with E-state index < -0.39 is 0 Å². The molecule has 0 aliphatic rings. The largest absolute Gasteiger partial charge is 0.319 e. The average Bonchev–Trinajstić information content (AvgIpc) is 2.69. The zero-order valence-electron chi connectivity index (χ0n) is 13.3. The number of hydrogen-bond donors (Lipinski definition) is 1. The maximum absolute atomic E-state index is 6.25. The lowest BCUT2D eigenvalue weighted by atomic mass is 9.99. The van der Waals surface area contributed by atoms with Crippen molar-refractivity contribution in [3.63, 3.8) is 0 Å². The summed E-state index contributed by atoms with van der Waals surface area (Å²) < 4.78 is 2.07. The molecular formula is C17H24ClN3. The van der Waals surface area contributed by atoms with Gasteiger partial charge in [0.25, 0.3) is 0 Å². The molecule has 3 nitrogen and oxygen atoms in total. The summed E-state index contributed by atoms with van der Waals surface area (Å²) >= 11 is 6.25. The van der Waals surface area contributed by atoms with Crippen molar-refractivity contribution in [2.45, 2.75) is 33.7 Å². The van der Waals surface area contributed by atoms with Gasteiger partial charge >= 0.3 is 0 Å². The van der Waals surface area contributed by atoms with Crippen LogP contribution in [0.1, 0.15) is 29.4 Å². The topological polar surface area (TPSA) is 29.9 Å². The Hall–Kier alpha value is -1.32. The van der Waals surface area contributed by atoms with Gasteiger partial charge < -0.3 is 5.32 Å². The van der Waals surface area contributed by atoms with Crippen LogP contribution < -0.4 is 5.32 Å². The smallest absolute Gasteiger partial charge is 0.0677 e. The van der Waals surface area contributed by atoms with Crippen molar-refractivity contribution in [1.29, 1.82) is 0 Å². The van der Waals surface area contributed by atoms with E-state index in [-0.39, 0.29) is 0 Å². The van der Waals surface area contributed by atoms with E-state index in [1.165, 1.54) is 11.3 Å². The van der Waals surface area contributed by atoms with E-state index in [0.717, 1.165) is 35.8 Å². The molecule has 2 rings (SSSR count). The highest BCUT2D eigenvalue weighted by Crippen LogP contribution is 2.21. The fourth-order valence-electron chi connectivity index (χ4n) is 2.74. The van der Waals surface area contributed by atoms with E-state index in [1.807, 2.05) is 25.2 Å². The minimum absolute atomic E-state index is 0.602. The van der Waals surface area contributed by atoms with E-state index in [1.54, 1.807) is 0 Å². The molecule has 4 heteroatoms. The van der Waals surface area contributed by atoms with Crippen LogP contribution in [0.4, 0.5) is 0 Å². The predicted molar refractivity (Wildman–Crippen MR) is 89.0 cm³/mol. The van der Waals surface area contributed by atoms with Gasteiger partial charge in [-0.15, -0.1) is 0 Å². The predicted octanol–water partition coefficient (Wildman–Crippen LogP) is 3.60. The summed E-state index contributed by atoms with van der Waals surface area (Å²) in [5.74, 6) is 0.602. The molecule has 1 heterocycles. The van der Waals surface area contributed by atoms with Crippen molar-refractivity contribution in [1.82, 2.24) is 15.1 Å². The monoisotopic (exact) mass is 305 g/mol. The Balaban J connectivity index is 2.21. The second-order valence-corrected chi connectivity index (χ2v) is 6.17. The normalized spacial score (nSPS) is 12.6. The van der Waals surface area contributed by atoms with Crippen molar-refractivity contribution in [2.24, 2.45) is 5.92 Å². The second kappa shape index (κ2) is 7.10. The second-order valence-electron chi connectivity index (χ2n) is 5.77. The Labute approximate surface area is 132 Å². The molecule has 0 radical (unpaired) electrons. The first-order valence-electron chi connectivity index (χ1n) is 7.43. The van der Waals surface area contributed by atoms with Crippen molar-refractivity contribution in [3.05, 3.63) is 51.8 Å². The molecule has 0 saturated carbocycles. The van der Waals surface area contributed by atoms with Crippen LogP contribution >= 0.6 is 11.6 Å². The summed E-state index contributed by atoms with van der Waals surface area (Å²) in [5, 5.41) is 8.73. The Morgan fingerprint density at radius 1 is 1.29 bits per heavy atom. The van der Waals surface area contributed by atoms with Gasteiger partial charge in [0.15, 0.2) is 0 Å². The van der Waals surface area contributed by atoms with E-state index in [0.29, 0.717) is 5.92 Å². The van der Waals surface area contributed by atoms with Gasteiger partial charge in [-0.2, -0.15) is 5.10 Å². The molecule has 0 saturated heterocycles. The summed E-state index contributed by atoms with van der Waals surface area (Å²) in [4.78, 5) is 0. The van der Waals surface area contributed by atoms with Gasteiger partial charge in [0, 0.05) is 10.7 Å². The van der Waals surface area contributed by atoms with Crippen LogP contribution in [-0.2, 0) is 13.0 Å². The summed E-state index contributed by atoms with van der Waals surface area (Å²) in [6, 6.07) is 7.96. The summed E-state index contributed by atoms with van der Waals surface area (Å²) in [7, 11) is 2.00. The standard InChI is InChI=1S/C17H24ClN3/c1-12(10-19-4)9-16-13(2)20-21(14(16)3)11-15-7-5-6-8-17(15)18/h5-8,12,19H,9-11H2,1-4H3. The van der Waals surface area contributed by atoms with Gasteiger partial charge in [-0.1, -0.05) is 36.7 Å². The fraction of sp³-hybridized carbons (Fsp3) is 0.471. The molecule has 0 spiro atoms. The number of rotatable bonds is 6. The molecule has 0 aliphatic carbocycles. The lowest BCUT2D eigenvalue weighted by Crippen LogP contribution is -2.18. The molecule has 0 bridgehead atoms. The van der Waals surface area contributed by atoms with Crippen LogP contribution in [0.2, 0.25) is 5.02 Å². The van der Waals surface area contributed by atoms with Gasteiger partial charge in [0.1, 0.15) is 0 Å². The lowest BCUT2D eigenvalue weighted by Gasteiger charge is -2.11. The van der Waals surface area contributed by atoms with Crippen molar-refractivity contribution in [2.75, 3.05) is 13.6 Å². The van der Waals surface area contributed by atoms with Crippen LogP contribution in [0.15, 0.2) is 24.3 Å². The van der Waals surface area contributed by atoms with Gasteiger partial charge in [0.05, 0.1) is 12.2 Å². The lowest BCUT2D eigenvalue weighted by molar-refractivity contribution is 0.538. The SMILES string of the molecule is CNCC(C)Cc1c(C)nn(Cc2ccccc2Cl)c1C. The first-order chi connectivity index (χ1) is 10.0. The number of nitrogens with zero attached hydrogens (tertiary/aromatic N) is 2. The molecule has 2 aromatic rings. The van der Waals surface area contributed by atoms with Gasteiger partial charge in [0.2, 0.25) is 0 Å². The molecule has 0 aliphatic heterocycles. The van der Waals surface area contributed by atoms with Crippen LogP contribution in [-0.4, -0.2) is 23.4 Å². The molecule has 1 atom stereocenters. The molecule has 21 heavy (non-hydrogen) atoms. The zero-order chi connectivity index (χ0) is 15.4. The highest BCUT2D eigenvalue weighted by atomic mass is 35.5. The third-order valence-corrected chi connectivity index (χ3v) is 4.28. The van der Waals surface area contributed by atoms with Crippen LogP contribution in [0, 0.1) is 19.8 Å². The average molecular weight is 306 g/mol. The highest BCUT2D eigenvalue weighted by molar-refractivity contribution is 6.31. The Kier molecular flexibility index (Phi) is 5.43. The molecule has 1 unspecified atom stereocenters. The van der Waals surface area contributed by atoms with Gasteiger partial charge in [-0.3, -0.25) is 4.68 Å². The van der Waals surface area contributed by atoms with Gasteiger partial charge in [-0.05, 0) is 57.0 Å². The molecule has 114 valence electrons. The van der Waals surface area contributed by atoms with E-state index >= 15 is 0 Å². The third-order valence-electron chi connectivity index (χ3n) is 3.91. The van der Waals surface area contributed by atoms with E-state index in [9.17, 15) is 0 Å². The number of hydrogen-bond acceptors (Lipinski definition) is 2. The number of benzene rings is 1. The van der Waals surface area contributed by atoms with Crippen molar-refractivity contribution >= 4 is 11.6 Å². The molecule has 1 aromatic carbocycles. The number of nitrogens with one attached hydrogen (secondary N) is 1. The maximum atomic E-state index is 6.25. The van der Waals surface area contributed by atoms with E-state index in [4.69, 9.17) is 16.7 Å². The Morgan fingerprint density at radius 2 is 2.00 bits per heavy atom. The van der Waals surface area contributed by atoms with Gasteiger partial charge in [-0.25, -0.2) is 0 Å². The minimum atomic E-state index is 0.602. The first kappa shape index (κ1) is 16.1. The van der Waals surface area contributed by atoms with Crippen LogP contribution in [0.3, 0.4) is 0 Å². The molecule has 0 fully saturated rings. The number of aryl methyl sites for hydroxylation is 1. The zero-order valence-corrected chi connectivity index (χ0v) is 14.0. The number of halogens is 1. The fourth-order valence-corrected chi connectivity index (χ4v) is 2.94. The molecule has 1 aromatic heterocycles. The Morgan fingerprint density at radius 3 is 2.67 bits per heavy atom. The van der Waals surface area contributed by atoms with Crippen LogP contribution in [0.25, 0.3) is 0 Å². The summed E-state index contributed by atoms with van der Waals surface area (Å²) in [6.45, 7) is 8.26. The first-order valence-corrected chi connectivity index (χ1v) is 7.81. The summed E-state index contributed by atoms with van der Waals surface area (Å²) in [5.41, 5.74) is 4.85. The quantitative estimate of drug-likeness (QED) is 0.883. The number of aromatic nitrogens is 2. The molecular weight excluding hydrogens is 282 g/mol. The Bertz CT molecular complexity index is 604. The third kappa shape index (κ3) is 3.86. The van der Waals surface area contributed by atoms with Crippen molar-refractivity contribution in [3.8, 4) is 0 Å². The molecule has 1 N–H and O–H groups in total. The summed E-state index contributed by atoms with van der Waals surface area (Å²) in [6.07, 6.45) is 1.06. The van der Waals surface area contributed by atoms with Crippen LogP contribution in [0.5, 0.6) is 0 Å². The molecule has 0 amide bonds. The van der Waals surface area contributed by atoms with Crippen molar-refractivity contribution < 1.29 is 0 Å². The highest BCUT2D eigenvalue weighted by Gasteiger charge is 2.15.